The zero-order valence-corrected chi connectivity index (χ0v) is 36.7. The van der Waals surface area contributed by atoms with Crippen molar-refractivity contribution in [2.75, 3.05) is 39.5 Å². The van der Waals surface area contributed by atoms with Gasteiger partial charge in [0.05, 0.1) is 25.0 Å². The van der Waals surface area contributed by atoms with Gasteiger partial charge in [-0.3, -0.25) is 9.59 Å². The first-order valence-corrected chi connectivity index (χ1v) is 23.8. The van der Waals surface area contributed by atoms with E-state index >= 15 is 0 Å². The molecule has 0 aromatic carbocycles. The number of unbranched alkanes of at least 4 members (excludes halogenated alkanes) is 20. The van der Waals surface area contributed by atoms with E-state index in [0.29, 0.717) is 13.2 Å². The number of rotatable bonds is 43. The van der Waals surface area contributed by atoms with Crippen LogP contribution < -0.4 is 0 Å². The highest BCUT2D eigenvalue weighted by atomic mass is 16.5. The van der Waals surface area contributed by atoms with Gasteiger partial charge in [0.25, 0.3) is 0 Å². The maximum absolute atomic E-state index is 13.0. The van der Waals surface area contributed by atoms with E-state index in [9.17, 15) is 14.7 Å². The van der Waals surface area contributed by atoms with Crippen molar-refractivity contribution in [3.8, 4) is 0 Å². The second-order valence-electron chi connectivity index (χ2n) is 16.3. The molecule has 2 unspecified atom stereocenters. The Morgan fingerprint density at radius 2 is 0.815 bits per heavy atom. The zero-order valence-electron chi connectivity index (χ0n) is 36.7. The summed E-state index contributed by atoms with van der Waals surface area (Å²) in [6.07, 6.45) is 41.1. The lowest BCUT2D eigenvalue weighted by Gasteiger charge is -2.21. The number of carbonyl (C=O) groups excluding carboxylic acids is 2. The molecule has 6 heteroatoms. The van der Waals surface area contributed by atoms with Crippen LogP contribution in [0.2, 0.25) is 0 Å². The molecule has 1 N–H and O–H groups in total. The van der Waals surface area contributed by atoms with Crippen molar-refractivity contribution >= 4 is 11.9 Å². The Balaban J connectivity index is 4.45. The third kappa shape index (κ3) is 35.0. The predicted molar refractivity (Wildman–Crippen MR) is 232 cm³/mol. The van der Waals surface area contributed by atoms with Crippen LogP contribution in [0.4, 0.5) is 0 Å². The predicted octanol–water partition coefficient (Wildman–Crippen LogP) is 13.7. The molecule has 0 spiro atoms. The number of esters is 2. The number of hydrogen-bond acceptors (Lipinski definition) is 6. The maximum atomic E-state index is 13.0. The number of carbonyl (C=O) groups is 2. The van der Waals surface area contributed by atoms with Gasteiger partial charge in [-0.2, -0.15) is 0 Å². The highest BCUT2D eigenvalue weighted by Gasteiger charge is 2.20. The van der Waals surface area contributed by atoms with Crippen LogP contribution >= 0.6 is 0 Å². The number of ether oxygens (including phenoxy) is 2. The lowest BCUT2D eigenvalue weighted by molar-refractivity contribution is -0.150. The van der Waals surface area contributed by atoms with E-state index in [1.54, 1.807) is 0 Å². The summed E-state index contributed by atoms with van der Waals surface area (Å²) in [4.78, 5) is 28.4. The molecule has 0 saturated heterocycles. The van der Waals surface area contributed by atoms with E-state index in [-0.39, 0.29) is 30.4 Å². The molecule has 0 rings (SSSR count). The van der Waals surface area contributed by atoms with E-state index in [4.69, 9.17) is 9.47 Å². The lowest BCUT2D eigenvalue weighted by atomic mass is 9.94. The summed E-state index contributed by atoms with van der Waals surface area (Å²) in [5.41, 5.74) is 0. The summed E-state index contributed by atoms with van der Waals surface area (Å²) in [6, 6.07) is 0. The second-order valence-corrected chi connectivity index (χ2v) is 16.3. The molecule has 0 aliphatic heterocycles. The molecule has 0 aromatic rings. The van der Waals surface area contributed by atoms with Gasteiger partial charge in [0.2, 0.25) is 0 Å². The topological polar surface area (TPSA) is 76.1 Å². The van der Waals surface area contributed by atoms with Gasteiger partial charge in [-0.1, -0.05) is 181 Å². The molecule has 2 atom stereocenters. The van der Waals surface area contributed by atoms with Crippen LogP contribution in [0.1, 0.15) is 233 Å². The Labute approximate surface area is 336 Å². The van der Waals surface area contributed by atoms with Crippen molar-refractivity contribution in [3.05, 3.63) is 12.2 Å². The van der Waals surface area contributed by atoms with Crippen LogP contribution in [-0.4, -0.2) is 61.4 Å². The molecule has 0 aromatic heterocycles. The number of aliphatic hydroxyl groups excluding tert-OH is 1. The van der Waals surface area contributed by atoms with E-state index in [2.05, 4.69) is 44.7 Å². The van der Waals surface area contributed by atoms with E-state index < -0.39 is 0 Å². The monoisotopic (exact) mass is 764 g/mol. The van der Waals surface area contributed by atoms with Crippen molar-refractivity contribution in [1.82, 2.24) is 4.90 Å². The molecule has 0 fully saturated rings. The molecule has 0 amide bonds. The Morgan fingerprint density at radius 1 is 0.444 bits per heavy atom. The highest BCUT2D eigenvalue weighted by Crippen LogP contribution is 2.22. The summed E-state index contributed by atoms with van der Waals surface area (Å²) in [5, 5.41) is 9.31. The average molecular weight is 764 g/mol. The Bertz CT molecular complexity index is 817. The molecule has 6 nitrogen and oxygen atoms in total. The standard InChI is InChI=1S/C48H93NO5/c1-5-9-13-17-19-27-37-45(35-25-15-11-7-3)47(51)53-43-33-23-21-29-39-49(41-31-32-42-50)40-30-22-24-34-44-54-48(52)46(36-26-16-12-8-4)38-28-20-18-14-10-6-2/h21,23,45-46,50H,5-20,22,24-44H2,1-4H3/b23-21+. The Kier molecular flexibility index (Phi) is 41.6. The number of aliphatic hydroxyl groups is 1. The molecule has 0 saturated carbocycles. The third-order valence-corrected chi connectivity index (χ3v) is 11.1. The van der Waals surface area contributed by atoms with Crippen LogP contribution in [0.15, 0.2) is 12.2 Å². The molecule has 0 aliphatic rings. The second kappa shape index (κ2) is 42.7. The molecule has 0 heterocycles. The van der Waals surface area contributed by atoms with Crippen LogP contribution in [0.25, 0.3) is 0 Å². The summed E-state index contributed by atoms with van der Waals surface area (Å²) in [5.74, 6) is 0.220. The fraction of sp³-hybridized carbons (Fsp3) is 0.917. The van der Waals surface area contributed by atoms with Crippen LogP contribution in [0.5, 0.6) is 0 Å². The van der Waals surface area contributed by atoms with Crippen molar-refractivity contribution < 1.29 is 24.2 Å². The van der Waals surface area contributed by atoms with Gasteiger partial charge in [0, 0.05) is 13.2 Å². The van der Waals surface area contributed by atoms with E-state index in [1.165, 1.54) is 103 Å². The summed E-state index contributed by atoms with van der Waals surface area (Å²) in [6.45, 7) is 13.3. The quantitative estimate of drug-likeness (QED) is 0.0379. The summed E-state index contributed by atoms with van der Waals surface area (Å²) >= 11 is 0. The maximum Gasteiger partial charge on any atom is 0.308 e. The smallest absolute Gasteiger partial charge is 0.308 e. The van der Waals surface area contributed by atoms with Crippen molar-refractivity contribution in [2.45, 2.75) is 233 Å². The summed E-state index contributed by atoms with van der Waals surface area (Å²) in [7, 11) is 0. The Hall–Kier alpha value is -1.40. The first-order chi connectivity index (χ1) is 26.5. The van der Waals surface area contributed by atoms with Gasteiger partial charge in [-0.15, -0.1) is 0 Å². The zero-order chi connectivity index (χ0) is 39.6. The van der Waals surface area contributed by atoms with Gasteiger partial charge in [0.15, 0.2) is 0 Å². The van der Waals surface area contributed by atoms with Crippen LogP contribution in [0.3, 0.4) is 0 Å². The third-order valence-electron chi connectivity index (χ3n) is 11.1. The molecule has 0 bridgehead atoms. The minimum atomic E-state index is 0.0205. The van der Waals surface area contributed by atoms with Gasteiger partial charge < -0.3 is 19.5 Å². The fourth-order valence-corrected chi connectivity index (χ4v) is 7.44. The summed E-state index contributed by atoms with van der Waals surface area (Å²) < 4.78 is 11.6. The molecule has 320 valence electrons. The first-order valence-electron chi connectivity index (χ1n) is 23.8. The van der Waals surface area contributed by atoms with E-state index in [0.717, 1.165) is 122 Å². The van der Waals surface area contributed by atoms with Gasteiger partial charge >= 0.3 is 11.9 Å². The SMILES string of the molecule is CCCCCCCCC(CCCCCC)C(=O)OCC/C=C/CCN(CCCCO)CCCCCCOC(=O)C(CCCCCC)CCCCCCCC. The van der Waals surface area contributed by atoms with Crippen LogP contribution in [-0.2, 0) is 19.1 Å². The van der Waals surface area contributed by atoms with Gasteiger partial charge in [-0.25, -0.2) is 0 Å². The highest BCUT2D eigenvalue weighted by molar-refractivity contribution is 5.72. The minimum Gasteiger partial charge on any atom is -0.465 e. The lowest BCUT2D eigenvalue weighted by Crippen LogP contribution is -2.27. The molecular formula is C48H93NO5. The largest absolute Gasteiger partial charge is 0.465 e. The number of nitrogens with zero attached hydrogens (tertiary/aromatic N) is 1. The van der Waals surface area contributed by atoms with Gasteiger partial charge in [0.1, 0.15) is 0 Å². The normalized spacial score (nSPS) is 12.9. The molecule has 0 radical (unpaired) electrons. The number of hydrogen-bond donors (Lipinski definition) is 1. The minimum absolute atomic E-state index is 0.0205. The van der Waals surface area contributed by atoms with E-state index in [1.807, 2.05) is 0 Å². The fourth-order valence-electron chi connectivity index (χ4n) is 7.44. The van der Waals surface area contributed by atoms with Crippen molar-refractivity contribution in [2.24, 2.45) is 11.8 Å². The molecule has 54 heavy (non-hydrogen) atoms. The van der Waals surface area contributed by atoms with Crippen LogP contribution in [0, 0.1) is 11.8 Å². The van der Waals surface area contributed by atoms with Gasteiger partial charge in [-0.05, 0) is 77.3 Å². The van der Waals surface area contributed by atoms with Crippen molar-refractivity contribution in [1.29, 1.82) is 0 Å². The Morgan fingerprint density at radius 3 is 1.30 bits per heavy atom. The molecular weight excluding hydrogens is 671 g/mol. The average Bonchev–Trinajstić information content (AvgIpc) is 3.17. The molecule has 0 aliphatic carbocycles. The van der Waals surface area contributed by atoms with Crippen molar-refractivity contribution in [3.63, 3.8) is 0 Å². The first kappa shape index (κ1) is 52.6.